The van der Waals surface area contributed by atoms with Crippen molar-refractivity contribution in [1.82, 2.24) is 15.0 Å². The van der Waals surface area contributed by atoms with Crippen molar-refractivity contribution < 1.29 is 17.7 Å². The molecule has 1 fully saturated rings. The topological polar surface area (TPSA) is 42.2 Å². The number of alkyl halides is 3. The van der Waals surface area contributed by atoms with Crippen LogP contribution >= 0.6 is 0 Å². The fourth-order valence-electron chi connectivity index (χ4n) is 2.26. The minimum absolute atomic E-state index is 0.00605. The fourth-order valence-corrected chi connectivity index (χ4v) is 2.26. The van der Waals surface area contributed by atoms with E-state index in [1.165, 1.54) is 0 Å². The zero-order chi connectivity index (χ0) is 13.3. The Bertz CT molecular complexity index is 404. The van der Waals surface area contributed by atoms with Crippen molar-refractivity contribution in [3.05, 3.63) is 11.7 Å². The largest absolute Gasteiger partial charge is 0.393 e. The molecule has 0 aromatic carbocycles. The van der Waals surface area contributed by atoms with Gasteiger partial charge in [0.25, 0.3) is 0 Å². The molecule has 102 valence electrons. The van der Waals surface area contributed by atoms with Gasteiger partial charge in [0.15, 0.2) is 5.82 Å². The standard InChI is InChI=1S/C11H16F3N3O/c1-7(10-15-8(2)16-18-10)17-5-3-4-9(6-17)11(12,13)14/h7,9H,3-6H2,1-2H3. The Labute approximate surface area is 103 Å². The number of aryl methyl sites for hydroxylation is 1. The summed E-state index contributed by atoms with van der Waals surface area (Å²) in [7, 11) is 0. The number of likely N-dealkylation sites (tertiary alicyclic amines) is 1. The molecule has 2 atom stereocenters. The van der Waals surface area contributed by atoms with Gasteiger partial charge in [0.1, 0.15) is 0 Å². The number of halogens is 3. The molecule has 1 saturated heterocycles. The van der Waals surface area contributed by atoms with Gasteiger partial charge in [-0.25, -0.2) is 0 Å². The van der Waals surface area contributed by atoms with Crippen molar-refractivity contribution in [2.75, 3.05) is 13.1 Å². The van der Waals surface area contributed by atoms with E-state index in [1.807, 2.05) is 0 Å². The van der Waals surface area contributed by atoms with E-state index < -0.39 is 12.1 Å². The van der Waals surface area contributed by atoms with E-state index in [-0.39, 0.29) is 19.0 Å². The van der Waals surface area contributed by atoms with Gasteiger partial charge in [-0.05, 0) is 33.2 Å². The second-order valence-corrected chi connectivity index (χ2v) is 4.73. The average Bonchev–Trinajstić information content (AvgIpc) is 2.74. The van der Waals surface area contributed by atoms with Gasteiger partial charge in [-0.15, -0.1) is 0 Å². The summed E-state index contributed by atoms with van der Waals surface area (Å²) < 4.78 is 43.1. The first kappa shape index (κ1) is 13.3. The van der Waals surface area contributed by atoms with Crippen LogP contribution in [0.2, 0.25) is 0 Å². The van der Waals surface area contributed by atoms with Crippen molar-refractivity contribution in [2.24, 2.45) is 5.92 Å². The van der Waals surface area contributed by atoms with Gasteiger partial charge in [0, 0.05) is 6.54 Å². The fraction of sp³-hybridized carbons (Fsp3) is 0.818. The monoisotopic (exact) mass is 263 g/mol. The van der Waals surface area contributed by atoms with Crippen LogP contribution in [-0.4, -0.2) is 34.3 Å². The number of hydrogen-bond donors (Lipinski definition) is 0. The quantitative estimate of drug-likeness (QED) is 0.822. The molecule has 4 nitrogen and oxygen atoms in total. The third kappa shape index (κ3) is 2.82. The van der Waals surface area contributed by atoms with E-state index in [0.29, 0.717) is 24.7 Å². The van der Waals surface area contributed by atoms with Crippen LogP contribution in [0.3, 0.4) is 0 Å². The lowest BCUT2D eigenvalue weighted by molar-refractivity contribution is -0.188. The highest BCUT2D eigenvalue weighted by Crippen LogP contribution is 2.35. The number of aromatic nitrogens is 2. The molecule has 7 heteroatoms. The Morgan fingerprint density at radius 1 is 1.44 bits per heavy atom. The third-order valence-electron chi connectivity index (χ3n) is 3.36. The normalized spacial score (nSPS) is 24.2. The minimum Gasteiger partial charge on any atom is -0.338 e. The van der Waals surface area contributed by atoms with Gasteiger partial charge >= 0.3 is 6.18 Å². The summed E-state index contributed by atoms with van der Waals surface area (Å²) in [6.07, 6.45) is -3.37. The van der Waals surface area contributed by atoms with Crippen LogP contribution in [0.4, 0.5) is 13.2 Å². The summed E-state index contributed by atoms with van der Waals surface area (Å²) in [6.45, 7) is 4.13. The summed E-state index contributed by atoms with van der Waals surface area (Å²) in [5.41, 5.74) is 0. The van der Waals surface area contributed by atoms with Gasteiger partial charge < -0.3 is 4.52 Å². The van der Waals surface area contributed by atoms with E-state index in [4.69, 9.17) is 4.52 Å². The molecule has 2 unspecified atom stereocenters. The molecule has 0 spiro atoms. The molecule has 18 heavy (non-hydrogen) atoms. The van der Waals surface area contributed by atoms with E-state index >= 15 is 0 Å². The zero-order valence-corrected chi connectivity index (χ0v) is 10.4. The maximum absolute atomic E-state index is 12.7. The molecular formula is C11H16F3N3O. The van der Waals surface area contributed by atoms with Crippen LogP contribution in [0.5, 0.6) is 0 Å². The van der Waals surface area contributed by atoms with Gasteiger partial charge in [-0.1, -0.05) is 5.16 Å². The second kappa shape index (κ2) is 4.87. The summed E-state index contributed by atoms with van der Waals surface area (Å²) in [4.78, 5) is 5.83. The Kier molecular flexibility index (Phi) is 3.61. The van der Waals surface area contributed by atoms with Gasteiger partial charge in [0.2, 0.25) is 5.89 Å². The highest BCUT2D eigenvalue weighted by atomic mass is 19.4. The Hall–Kier alpha value is -1.11. The van der Waals surface area contributed by atoms with Crippen molar-refractivity contribution in [3.63, 3.8) is 0 Å². The lowest BCUT2D eigenvalue weighted by atomic mass is 9.96. The molecule has 0 N–H and O–H groups in total. The summed E-state index contributed by atoms with van der Waals surface area (Å²) >= 11 is 0. The second-order valence-electron chi connectivity index (χ2n) is 4.73. The van der Waals surface area contributed by atoms with Crippen molar-refractivity contribution in [3.8, 4) is 0 Å². The summed E-state index contributed by atoms with van der Waals surface area (Å²) in [6, 6.07) is -0.267. The summed E-state index contributed by atoms with van der Waals surface area (Å²) in [5, 5.41) is 3.67. The number of hydrogen-bond acceptors (Lipinski definition) is 4. The highest BCUT2D eigenvalue weighted by molar-refractivity contribution is 4.92. The first-order valence-corrected chi connectivity index (χ1v) is 5.99. The number of piperidine rings is 1. The molecule has 1 aromatic rings. The average molecular weight is 263 g/mol. The van der Waals surface area contributed by atoms with Crippen LogP contribution in [-0.2, 0) is 0 Å². The molecule has 0 amide bonds. The maximum Gasteiger partial charge on any atom is 0.393 e. The van der Waals surface area contributed by atoms with Crippen molar-refractivity contribution in [2.45, 2.75) is 38.9 Å². The first-order chi connectivity index (χ1) is 8.38. The van der Waals surface area contributed by atoms with Crippen molar-refractivity contribution in [1.29, 1.82) is 0 Å². The Morgan fingerprint density at radius 3 is 2.72 bits per heavy atom. The molecule has 2 rings (SSSR count). The number of rotatable bonds is 2. The molecule has 0 saturated carbocycles. The molecule has 1 aliphatic rings. The minimum atomic E-state index is -4.12. The Morgan fingerprint density at radius 2 is 2.17 bits per heavy atom. The first-order valence-electron chi connectivity index (χ1n) is 5.99. The van der Waals surface area contributed by atoms with Crippen LogP contribution in [0, 0.1) is 12.8 Å². The predicted octanol–water partition coefficient (Wildman–Crippen LogP) is 2.71. The lowest BCUT2D eigenvalue weighted by Gasteiger charge is -2.36. The molecule has 0 aliphatic carbocycles. The van der Waals surface area contributed by atoms with Crippen LogP contribution in [0.15, 0.2) is 4.52 Å². The van der Waals surface area contributed by atoms with Crippen molar-refractivity contribution >= 4 is 0 Å². The highest BCUT2D eigenvalue weighted by Gasteiger charge is 2.43. The molecular weight excluding hydrogens is 247 g/mol. The van der Waals surface area contributed by atoms with Crippen LogP contribution in [0.1, 0.15) is 37.5 Å². The van der Waals surface area contributed by atoms with E-state index in [9.17, 15) is 13.2 Å². The number of nitrogens with zero attached hydrogens (tertiary/aromatic N) is 3. The van der Waals surface area contributed by atoms with Gasteiger partial charge in [-0.2, -0.15) is 18.2 Å². The maximum atomic E-state index is 12.7. The molecule has 1 aromatic heterocycles. The predicted molar refractivity (Wildman–Crippen MR) is 57.8 cm³/mol. The summed E-state index contributed by atoms with van der Waals surface area (Å²) in [5.74, 6) is -0.366. The van der Waals surface area contributed by atoms with E-state index in [0.717, 1.165) is 0 Å². The Balaban J connectivity index is 2.05. The van der Waals surface area contributed by atoms with E-state index in [2.05, 4.69) is 10.1 Å². The third-order valence-corrected chi connectivity index (χ3v) is 3.36. The molecule has 2 heterocycles. The van der Waals surface area contributed by atoms with Gasteiger partial charge in [-0.3, -0.25) is 4.90 Å². The molecule has 0 bridgehead atoms. The van der Waals surface area contributed by atoms with E-state index in [1.54, 1.807) is 18.7 Å². The SMILES string of the molecule is Cc1noc(C(C)N2CCCC(C(F)(F)F)C2)n1. The van der Waals surface area contributed by atoms with Crippen LogP contribution < -0.4 is 0 Å². The lowest BCUT2D eigenvalue weighted by Crippen LogP contribution is -2.42. The van der Waals surface area contributed by atoms with Crippen LogP contribution in [0.25, 0.3) is 0 Å². The zero-order valence-electron chi connectivity index (χ0n) is 10.4. The smallest absolute Gasteiger partial charge is 0.338 e. The molecule has 0 radical (unpaired) electrons. The van der Waals surface area contributed by atoms with Gasteiger partial charge in [0.05, 0.1) is 12.0 Å². The molecule has 1 aliphatic heterocycles.